The number of pyridine rings is 1. The zero-order valence-electron chi connectivity index (χ0n) is 12.0. The van der Waals surface area contributed by atoms with Crippen LogP contribution in [-0.2, 0) is 7.05 Å². The van der Waals surface area contributed by atoms with Gasteiger partial charge in [0.15, 0.2) is 0 Å². The van der Waals surface area contributed by atoms with Gasteiger partial charge in [-0.25, -0.2) is 4.98 Å². The van der Waals surface area contributed by atoms with Crippen LogP contribution in [0.4, 0.5) is 5.82 Å². The summed E-state index contributed by atoms with van der Waals surface area (Å²) >= 11 is 0. The fourth-order valence-corrected chi connectivity index (χ4v) is 2.16. The first-order valence-corrected chi connectivity index (χ1v) is 6.75. The summed E-state index contributed by atoms with van der Waals surface area (Å²) in [5.74, 6) is 1.50. The Morgan fingerprint density at radius 3 is 2.67 bits per heavy atom. The van der Waals surface area contributed by atoms with Crippen molar-refractivity contribution >= 4 is 16.9 Å². The van der Waals surface area contributed by atoms with Gasteiger partial charge in [-0.05, 0) is 37.0 Å². The number of hydrogen-bond acceptors (Lipinski definition) is 2. The Morgan fingerprint density at radius 1 is 1.33 bits per heavy atom. The first-order valence-electron chi connectivity index (χ1n) is 6.75. The van der Waals surface area contributed by atoms with Crippen molar-refractivity contribution in [3.63, 3.8) is 0 Å². The van der Waals surface area contributed by atoms with Crippen LogP contribution in [0.3, 0.4) is 0 Å². The minimum Gasteiger partial charge on any atom is -0.368 e. The standard InChI is InChI=1S/C15H23N3/c1-6-11(4)16-14-9-13(10(2)3)12-7-8-18(5)15(12)17-14/h7-11H,6H2,1-5H3,(H,16,17)/t11-/m1/s1. The number of hydrogen-bond donors (Lipinski definition) is 1. The van der Waals surface area contributed by atoms with Crippen LogP contribution in [0.1, 0.15) is 45.6 Å². The largest absolute Gasteiger partial charge is 0.368 e. The van der Waals surface area contributed by atoms with Crippen LogP contribution in [0, 0.1) is 0 Å². The molecule has 0 radical (unpaired) electrons. The summed E-state index contributed by atoms with van der Waals surface area (Å²) in [6, 6.07) is 4.80. The molecule has 0 aliphatic rings. The maximum atomic E-state index is 4.72. The van der Waals surface area contributed by atoms with Crippen molar-refractivity contribution in [2.24, 2.45) is 7.05 Å². The minimum absolute atomic E-state index is 0.454. The van der Waals surface area contributed by atoms with Crippen molar-refractivity contribution in [2.75, 3.05) is 5.32 Å². The maximum Gasteiger partial charge on any atom is 0.142 e. The number of nitrogens with one attached hydrogen (secondary N) is 1. The van der Waals surface area contributed by atoms with E-state index in [0.29, 0.717) is 12.0 Å². The van der Waals surface area contributed by atoms with E-state index >= 15 is 0 Å². The molecule has 0 amide bonds. The highest BCUT2D eigenvalue weighted by Crippen LogP contribution is 2.27. The van der Waals surface area contributed by atoms with E-state index in [0.717, 1.165) is 17.9 Å². The Balaban J connectivity index is 2.52. The highest BCUT2D eigenvalue weighted by Gasteiger charge is 2.12. The van der Waals surface area contributed by atoms with Gasteiger partial charge in [-0.15, -0.1) is 0 Å². The highest BCUT2D eigenvalue weighted by atomic mass is 15.1. The van der Waals surface area contributed by atoms with Crippen LogP contribution in [-0.4, -0.2) is 15.6 Å². The van der Waals surface area contributed by atoms with E-state index in [4.69, 9.17) is 4.98 Å². The lowest BCUT2D eigenvalue weighted by Gasteiger charge is -2.15. The minimum atomic E-state index is 0.454. The summed E-state index contributed by atoms with van der Waals surface area (Å²) in [7, 11) is 2.05. The zero-order chi connectivity index (χ0) is 13.3. The lowest BCUT2D eigenvalue weighted by atomic mass is 10.0. The summed E-state index contributed by atoms with van der Waals surface area (Å²) in [5, 5.41) is 4.74. The van der Waals surface area contributed by atoms with Crippen molar-refractivity contribution in [3.05, 3.63) is 23.9 Å². The molecule has 1 N–H and O–H groups in total. The first-order chi connectivity index (χ1) is 8.52. The smallest absolute Gasteiger partial charge is 0.142 e. The molecule has 0 aromatic carbocycles. The zero-order valence-corrected chi connectivity index (χ0v) is 12.0. The van der Waals surface area contributed by atoms with Gasteiger partial charge in [0.05, 0.1) is 0 Å². The van der Waals surface area contributed by atoms with Gasteiger partial charge < -0.3 is 9.88 Å². The summed E-state index contributed by atoms with van der Waals surface area (Å²) in [4.78, 5) is 4.72. The third kappa shape index (κ3) is 2.35. The molecule has 0 unspecified atom stereocenters. The second-order valence-electron chi connectivity index (χ2n) is 5.37. The summed E-state index contributed by atoms with van der Waals surface area (Å²) in [6.45, 7) is 8.83. The molecule has 3 heteroatoms. The molecule has 0 aliphatic carbocycles. The Labute approximate surface area is 109 Å². The molecule has 0 fully saturated rings. The van der Waals surface area contributed by atoms with Crippen LogP contribution in [0.2, 0.25) is 0 Å². The average molecular weight is 245 g/mol. The predicted octanol–water partition coefficient (Wildman–Crippen LogP) is 3.91. The van der Waals surface area contributed by atoms with E-state index in [2.05, 4.69) is 55.9 Å². The van der Waals surface area contributed by atoms with Gasteiger partial charge in [0.25, 0.3) is 0 Å². The lowest BCUT2D eigenvalue weighted by Crippen LogP contribution is -2.15. The lowest BCUT2D eigenvalue weighted by molar-refractivity contribution is 0.758. The molecule has 2 rings (SSSR count). The van der Waals surface area contributed by atoms with Gasteiger partial charge in [0, 0.05) is 24.7 Å². The van der Waals surface area contributed by atoms with Crippen molar-refractivity contribution in [3.8, 4) is 0 Å². The van der Waals surface area contributed by atoms with Crippen molar-refractivity contribution in [1.29, 1.82) is 0 Å². The third-order valence-electron chi connectivity index (χ3n) is 3.50. The predicted molar refractivity (Wildman–Crippen MR) is 78.2 cm³/mol. The van der Waals surface area contributed by atoms with Crippen LogP contribution >= 0.6 is 0 Å². The van der Waals surface area contributed by atoms with Gasteiger partial charge in [-0.2, -0.15) is 0 Å². The molecule has 3 nitrogen and oxygen atoms in total. The van der Waals surface area contributed by atoms with Gasteiger partial charge in [0.1, 0.15) is 11.5 Å². The molecule has 2 aromatic rings. The molecular weight excluding hydrogens is 222 g/mol. The van der Waals surface area contributed by atoms with E-state index in [9.17, 15) is 0 Å². The number of nitrogens with zero attached hydrogens (tertiary/aromatic N) is 2. The maximum absolute atomic E-state index is 4.72. The molecule has 18 heavy (non-hydrogen) atoms. The molecule has 0 aliphatic heterocycles. The summed E-state index contributed by atoms with van der Waals surface area (Å²) < 4.78 is 2.09. The number of aryl methyl sites for hydroxylation is 1. The molecule has 2 aromatic heterocycles. The average Bonchev–Trinajstić information content (AvgIpc) is 2.70. The quantitative estimate of drug-likeness (QED) is 0.885. The molecule has 98 valence electrons. The molecule has 0 saturated heterocycles. The van der Waals surface area contributed by atoms with Crippen molar-refractivity contribution in [1.82, 2.24) is 9.55 Å². The molecular formula is C15H23N3. The Hall–Kier alpha value is -1.51. The molecule has 2 heterocycles. The molecule has 0 saturated carbocycles. The van der Waals surface area contributed by atoms with Gasteiger partial charge in [0.2, 0.25) is 0 Å². The Morgan fingerprint density at radius 2 is 2.06 bits per heavy atom. The number of aromatic nitrogens is 2. The molecule has 0 spiro atoms. The van der Waals surface area contributed by atoms with Gasteiger partial charge in [-0.1, -0.05) is 20.8 Å². The van der Waals surface area contributed by atoms with E-state index in [-0.39, 0.29) is 0 Å². The highest BCUT2D eigenvalue weighted by molar-refractivity contribution is 5.82. The second-order valence-corrected chi connectivity index (χ2v) is 5.37. The summed E-state index contributed by atoms with van der Waals surface area (Å²) in [5.41, 5.74) is 2.43. The molecule has 1 atom stereocenters. The fourth-order valence-electron chi connectivity index (χ4n) is 2.16. The van der Waals surface area contributed by atoms with E-state index in [1.54, 1.807) is 0 Å². The number of anilines is 1. The SMILES string of the molecule is CC[C@@H](C)Nc1cc(C(C)C)c2ccn(C)c2n1. The van der Waals surface area contributed by atoms with Gasteiger partial charge in [-0.3, -0.25) is 0 Å². The number of rotatable bonds is 4. The first kappa shape index (κ1) is 12.9. The Kier molecular flexibility index (Phi) is 3.60. The Bertz CT molecular complexity index is 540. The fraction of sp³-hybridized carbons (Fsp3) is 0.533. The van der Waals surface area contributed by atoms with Crippen LogP contribution < -0.4 is 5.32 Å². The topological polar surface area (TPSA) is 29.9 Å². The summed E-state index contributed by atoms with van der Waals surface area (Å²) in [6.07, 6.45) is 3.18. The van der Waals surface area contributed by atoms with Crippen LogP contribution in [0.25, 0.3) is 11.0 Å². The van der Waals surface area contributed by atoms with Crippen LogP contribution in [0.15, 0.2) is 18.3 Å². The van der Waals surface area contributed by atoms with Gasteiger partial charge >= 0.3 is 0 Å². The van der Waals surface area contributed by atoms with Crippen molar-refractivity contribution < 1.29 is 0 Å². The second kappa shape index (κ2) is 5.01. The normalized spacial score (nSPS) is 13.2. The van der Waals surface area contributed by atoms with E-state index in [1.807, 2.05) is 7.05 Å². The number of fused-ring (bicyclic) bond motifs is 1. The van der Waals surface area contributed by atoms with E-state index < -0.39 is 0 Å². The van der Waals surface area contributed by atoms with E-state index in [1.165, 1.54) is 10.9 Å². The monoisotopic (exact) mass is 245 g/mol. The van der Waals surface area contributed by atoms with Crippen LogP contribution in [0.5, 0.6) is 0 Å². The molecule has 0 bridgehead atoms. The van der Waals surface area contributed by atoms with Crippen molar-refractivity contribution in [2.45, 2.75) is 46.1 Å². The third-order valence-corrected chi connectivity index (χ3v) is 3.50.